The lowest BCUT2D eigenvalue weighted by molar-refractivity contribution is 0.201. The maximum absolute atomic E-state index is 8.73. The van der Waals surface area contributed by atoms with Crippen LogP contribution in [0.2, 0.25) is 0 Å². The average molecular weight is 301 g/mol. The topological polar surface area (TPSA) is 50.7 Å². The number of aliphatic hydroxyl groups excluding tert-OH is 1. The van der Waals surface area contributed by atoms with Gasteiger partial charge in [-0.2, -0.15) is 0 Å². The van der Waals surface area contributed by atoms with Gasteiger partial charge in [0.05, 0.1) is 13.2 Å². The van der Waals surface area contributed by atoms with Crippen molar-refractivity contribution >= 4 is 5.69 Å². The highest BCUT2D eigenvalue weighted by Gasteiger charge is 2.06. The second-order valence-corrected chi connectivity index (χ2v) is 4.96. The largest absolute Gasteiger partial charge is 0.494 e. The smallest absolute Gasteiger partial charge is 0.119 e. The van der Waals surface area contributed by atoms with Gasteiger partial charge in [0.25, 0.3) is 0 Å². The van der Waals surface area contributed by atoms with Gasteiger partial charge in [-0.3, -0.25) is 0 Å². The van der Waals surface area contributed by atoms with Crippen molar-refractivity contribution in [2.24, 2.45) is 0 Å². The van der Waals surface area contributed by atoms with Crippen LogP contribution in [0.3, 0.4) is 0 Å². The lowest BCUT2D eigenvalue weighted by Gasteiger charge is -2.16. The summed E-state index contributed by atoms with van der Waals surface area (Å²) >= 11 is 0. The third kappa shape index (κ3) is 4.67. The van der Waals surface area contributed by atoms with E-state index in [-0.39, 0.29) is 12.6 Å². The summed E-state index contributed by atoms with van der Waals surface area (Å²) in [5.74, 6) is 1.65. The number of hydrogen-bond acceptors (Lipinski definition) is 4. The molecule has 0 heterocycles. The van der Waals surface area contributed by atoms with Crippen molar-refractivity contribution in [3.8, 4) is 11.5 Å². The first-order valence-electron chi connectivity index (χ1n) is 7.56. The molecule has 0 saturated heterocycles. The predicted molar refractivity (Wildman–Crippen MR) is 88.7 cm³/mol. The summed E-state index contributed by atoms with van der Waals surface area (Å²) < 4.78 is 10.8. The highest BCUT2D eigenvalue weighted by Crippen LogP contribution is 2.23. The summed E-state index contributed by atoms with van der Waals surface area (Å²) in [6.07, 6.45) is 0. The number of nitrogens with one attached hydrogen (secondary N) is 1. The molecule has 4 nitrogen and oxygen atoms in total. The number of aliphatic hydroxyl groups is 1. The van der Waals surface area contributed by atoms with Crippen molar-refractivity contribution in [1.82, 2.24) is 0 Å². The maximum Gasteiger partial charge on any atom is 0.119 e. The van der Waals surface area contributed by atoms with Gasteiger partial charge in [-0.15, -0.1) is 0 Å². The third-order valence-electron chi connectivity index (χ3n) is 3.29. The molecule has 0 aliphatic carbocycles. The van der Waals surface area contributed by atoms with Gasteiger partial charge >= 0.3 is 0 Å². The first-order valence-corrected chi connectivity index (χ1v) is 7.56. The standard InChI is InChI=1S/C18H23NO3/c1-3-21-17-8-4-15(5-9-17)14(2)19-16-6-10-18(11-7-16)22-13-12-20/h4-11,14,19-20H,3,12-13H2,1-2H3. The summed E-state index contributed by atoms with van der Waals surface area (Å²) in [4.78, 5) is 0. The fourth-order valence-electron chi connectivity index (χ4n) is 2.16. The molecule has 2 N–H and O–H groups in total. The minimum atomic E-state index is 0.0226. The highest BCUT2D eigenvalue weighted by atomic mass is 16.5. The van der Waals surface area contributed by atoms with Crippen molar-refractivity contribution in [1.29, 1.82) is 0 Å². The Bertz CT molecular complexity index is 552. The molecule has 0 aliphatic rings. The summed E-state index contributed by atoms with van der Waals surface area (Å²) in [6.45, 7) is 5.11. The van der Waals surface area contributed by atoms with E-state index in [9.17, 15) is 0 Å². The molecule has 0 radical (unpaired) electrons. The van der Waals surface area contributed by atoms with E-state index in [1.807, 2.05) is 43.3 Å². The van der Waals surface area contributed by atoms with Crippen LogP contribution >= 0.6 is 0 Å². The summed E-state index contributed by atoms with van der Waals surface area (Å²) in [5, 5.41) is 12.2. The summed E-state index contributed by atoms with van der Waals surface area (Å²) in [6, 6.07) is 16.0. The van der Waals surface area contributed by atoms with E-state index in [0.717, 1.165) is 17.2 Å². The van der Waals surface area contributed by atoms with Crippen LogP contribution in [-0.4, -0.2) is 24.9 Å². The van der Waals surface area contributed by atoms with Gasteiger partial charge in [-0.1, -0.05) is 12.1 Å². The zero-order chi connectivity index (χ0) is 15.8. The van der Waals surface area contributed by atoms with Gasteiger partial charge < -0.3 is 19.9 Å². The molecule has 1 unspecified atom stereocenters. The van der Waals surface area contributed by atoms with Gasteiger partial charge in [0.2, 0.25) is 0 Å². The number of ether oxygens (including phenoxy) is 2. The van der Waals surface area contributed by atoms with Gasteiger partial charge in [0, 0.05) is 11.7 Å². The van der Waals surface area contributed by atoms with Crippen LogP contribution in [0, 0.1) is 0 Å². The normalized spacial score (nSPS) is 11.8. The first kappa shape index (κ1) is 16.2. The van der Waals surface area contributed by atoms with Gasteiger partial charge in [0.1, 0.15) is 18.1 Å². The van der Waals surface area contributed by atoms with Gasteiger partial charge in [-0.25, -0.2) is 0 Å². The molecule has 4 heteroatoms. The van der Waals surface area contributed by atoms with E-state index in [4.69, 9.17) is 14.6 Å². The number of hydrogen-bond donors (Lipinski definition) is 2. The maximum atomic E-state index is 8.73. The highest BCUT2D eigenvalue weighted by molar-refractivity contribution is 5.48. The van der Waals surface area contributed by atoms with Crippen molar-refractivity contribution < 1.29 is 14.6 Å². The zero-order valence-electron chi connectivity index (χ0n) is 13.1. The summed E-state index contributed by atoms with van der Waals surface area (Å²) in [7, 11) is 0. The molecule has 0 spiro atoms. The van der Waals surface area contributed by atoms with Gasteiger partial charge in [0.15, 0.2) is 0 Å². The Morgan fingerprint density at radius 3 is 2.14 bits per heavy atom. The number of anilines is 1. The van der Waals surface area contributed by atoms with E-state index < -0.39 is 0 Å². The quantitative estimate of drug-likeness (QED) is 0.782. The molecule has 2 rings (SSSR count). The molecule has 0 saturated carbocycles. The Balaban J connectivity index is 1.94. The Labute approximate surface area is 131 Å². The second kappa shape index (κ2) is 8.29. The van der Waals surface area contributed by atoms with Crippen LogP contribution in [0.5, 0.6) is 11.5 Å². The van der Waals surface area contributed by atoms with Crippen LogP contribution in [0.4, 0.5) is 5.69 Å². The molecule has 22 heavy (non-hydrogen) atoms. The molecule has 0 aliphatic heterocycles. The van der Waals surface area contributed by atoms with E-state index in [2.05, 4.69) is 24.4 Å². The molecule has 118 valence electrons. The monoisotopic (exact) mass is 301 g/mol. The van der Waals surface area contributed by atoms with Gasteiger partial charge in [-0.05, 0) is 55.8 Å². The van der Waals surface area contributed by atoms with E-state index in [0.29, 0.717) is 13.2 Å². The minimum absolute atomic E-state index is 0.0226. The van der Waals surface area contributed by atoms with E-state index in [1.165, 1.54) is 5.56 Å². The van der Waals surface area contributed by atoms with Crippen molar-refractivity contribution in [2.75, 3.05) is 25.1 Å². The Hall–Kier alpha value is -2.20. The minimum Gasteiger partial charge on any atom is -0.494 e. The Morgan fingerprint density at radius 2 is 1.55 bits per heavy atom. The second-order valence-electron chi connectivity index (χ2n) is 4.96. The van der Waals surface area contributed by atoms with Crippen LogP contribution in [0.25, 0.3) is 0 Å². The zero-order valence-corrected chi connectivity index (χ0v) is 13.1. The lowest BCUT2D eigenvalue weighted by Crippen LogP contribution is -2.07. The van der Waals surface area contributed by atoms with Crippen LogP contribution < -0.4 is 14.8 Å². The molecular formula is C18H23NO3. The number of rotatable bonds is 8. The summed E-state index contributed by atoms with van der Waals surface area (Å²) in [5.41, 5.74) is 2.22. The lowest BCUT2D eigenvalue weighted by atomic mass is 10.1. The Morgan fingerprint density at radius 1 is 0.955 bits per heavy atom. The predicted octanol–water partition coefficient (Wildman–Crippen LogP) is 3.63. The van der Waals surface area contributed by atoms with Crippen molar-refractivity contribution in [3.05, 3.63) is 54.1 Å². The van der Waals surface area contributed by atoms with Crippen LogP contribution in [0.1, 0.15) is 25.5 Å². The third-order valence-corrected chi connectivity index (χ3v) is 3.29. The Kier molecular flexibility index (Phi) is 6.10. The molecule has 2 aromatic rings. The molecule has 1 atom stereocenters. The van der Waals surface area contributed by atoms with Crippen molar-refractivity contribution in [2.45, 2.75) is 19.9 Å². The molecule has 0 bridgehead atoms. The molecular weight excluding hydrogens is 278 g/mol. The average Bonchev–Trinajstić information content (AvgIpc) is 2.55. The fraction of sp³-hybridized carbons (Fsp3) is 0.333. The molecule has 0 fully saturated rings. The van der Waals surface area contributed by atoms with Crippen LogP contribution in [-0.2, 0) is 0 Å². The van der Waals surface area contributed by atoms with E-state index >= 15 is 0 Å². The molecule has 0 aromatic heterocycles. The molecule has 0 amide bonds. The SMILES string of the molecule is CCOc1ccc(C(C)Nc2ccc(OCCO)cc2)cc1. The van der Waals surface area contributed by atoms with Crippen LogP contribution in [0.15, 0.2) is 48.5 Å². The van der Waals surface area contributed by atoms with Crippen molar-refractivity contribution in [3.63, 3.8) is 0 Å². The fourth-order valence-corrected chi connectivity index (χ4v) is 2.16. The van der Waals surface area contributed by atoms with E-state index in [1.54, 1.807) is 0 Å². The first-order chi connectivity index (χ1) is 10.7. The molecule has 2 aromatic carbocycles. The number of benzene rings is 2.